The number of methoxy groups -OCH3 is 2. The fraction of sp³-hybridized carbons (Fsp3) is 0.692. The fourth-order valence-corrected chi connectivity index (χ4v) is 1.66. The van der Waals surface area contributed by atoms with E-state index in [1.54, 1.807) is 21.3 Å². The Morgan fingerprint density at radius 1 is 1.21 bits per heavy atom. The first-order chi connectivity index (χ1) is 9.04. The molecule has 0 aromatic carbocycles. The SMILES string of the molecule is CNc1ncnc(NCC(C)(C)CCOC)c1OC. The second kappa shape index (κ2) is 7.13. The lowest BCUT2D eigenvalue weighted by Crippen LogP contribution is -2.25. The molecule has 1 aromatic rings. The van der Waals surface area contributed by atoms with E-state index in [2.05, 4.69) is 34.4 Å². The summed E-state index contributed by atoms with van der Waals surface area (Å²) in [5, 5.41) is 6.30. The lowest BCUT2D eigenvalue weighted by atomic mass is 9.90. The molecule has 0 fully saturated rings. The third kappa shape index (κ3) is 4.55. The lowest BCUT2D eigenvalue weighted by Gasteiger charge is -2.25. The Balaban J connectivity index is 2.72. The normalized spacial score (nSPS) is 11.2. The zero-order chi connectivity index (χ0) is 14.3. The van der Waals surface area contributed by atoms with Crippen LogP contribution >= 0.6 is 0 Å². The van der Waals surface area contributed by atoms with Crippen molar-refractivity contribution in [2.24, 2.45) is 5.41 Å². The third-order valence-electron chi connectivity index (χ3n) is 2.96. The maximum absolute atomic E-state index is 5.34. The molecule has 0 atom stereocenters. The van der Waals surface area contributed by atoms with Crippen molar-refractivity contribution in [3.8, 4) is 5.75 Å². The van der Waals surface area contributed by atoms with Crippen LogP contribution < -0.4 is 15.4 Å². The van der Waals surface area contributed by atoms with Gasteiger partial charge in [0.2, 0.25) is 5.75 Å². The van der Waals surface area contributed by atoms with Gasteiger partial charge in [0.05, 0.1) is 7.11 Å². The maximum atomic E-state index is 5.34. The van der Waals surface area contributed by atoms with Crippen molar-refractivity contribution >= 4 is 11.6 Å². The summed E-state index contributed by atoms with van der Waals surface area (Å²) in [5.41, 5.74) is 0.117. The summed E-state index contributed by atoms with van der Waals surface area (Å²) < 4.78 is 10.5. The highest BCUT2D eigenvalue weighted by Gasteiger charge is 2.19. The van der Waals surface area contributed by atoms with Crippen molar-refractivity contribution in [3.05, 3.63) is 6.33 Å². The van der Waals surface area contributed by atoms with Gasteiger partial charge in [-0.1, -0.05) is 13.8 Å². The molecule has 0 aliphatic rings. The van der Waals surface area contributed by atoms with E-state index in [1.165, 1.54) is 6.33 Å². The van der Waals surface area contributed by atoms with Crippen molar-refractivity contribution in [1.29, 1.82) is 0 Å². The van der Waals surface area contributed by atoms with E-state index >= 15 is 0 Å². The van der Waals surface area contributed by atoms with Crippen molar-refractivity contribution in [3.63, 3.8) is 0 Å². The van der Waals surface area contributed by atoms with Gasteiger partial charge in [-0.25, -0.2) is 9.97 Å². The van der Waals surface area contributed by atoms with Crippen LogP contribution in [-0.4, -0.2) is 44.4 Å². The van der Waals surface area contributed by atoms with Crippen LogP contribution in [0.15, 0.2) is 6.33 Å². The number of hydrogen-bond acceptors (Lipinski definition) is 6. The van der Waals surface area contributed by atoms with Gasteiger partial charge in [0.15, 0.2) is 11.6 Å². The van der Waals surface area contributed by atoms with E-state index in [0.29, 0.717) is 17.4 Å². The third-order valence-corrected chi connectivity index (χ3v) is 2.96. The van der Waals surface area contributed by atoms with Gasteiger partial charge in [-0.3, -0.25) is 0 Å². The van der Waals surface area contributed by atoms with Crippen molar-refractivity contribution in [2.45, 2.75) is 20.3 Å². The van der Waals surface area contributed by atoms with E-state index in [-0.39, 0.29) is 5.41 Å². The van der Waals surface area contributed by atoms with Crippen LogP contribution in [-0.2, 0) is 4.74 Å². The van der Waals surface area contributed by atoms with E-state index < -0.39 is 0 Å². The Bertz CT molecular complexity index is 396. The monoisotopic (exact) mass is 268 g/mol. The first-order valence-electron chi connectivity index (χ1n) is 6.33. The van der Waals surface area contributed by atoms with E-state index in [1.807, 2.05) is 0 Å². The number of nitrogens with one attached hydrogen (secondary N) is 2. The predicted molar refractivity (Wildman–Crippen MR) is 76.9 cm³/mol. The molecule has 1 aromatic heterocycles. The zero-order valence-corrected chi connectivity index (χ0v) is 12.4. The molecular formula is C13H24N4O2. The van der Waals surface area contributed by atoms with Gasteiger partial charge >= 0.3 is 0 Å². The van der Waals surface area contributed by atoms with E-state index in [4.69, 9.17) is 9.47 Å². The van der Waals surface area contributed by atoms with E-state index in [9.17, 15) is 0 Å². The smallest absolute Gasteiger partial charge is 0.204 e. The number of ether oxygens (including phenoxy) is 2. The van der Waals surface area contributed by atoms with Gasteiger partial charge in [0, 0.05) is 27.3 Å². The van der Waals surface area contributed by atoms with Gasteiger partial charge in [-0.2, -0.15) is 0 Å². The first-order valence-corrected chi connectivity index (χ1v) is 6.33. The van der Waals surface area contributed by atoms with Crippen molar-refractivity contribution in [1.82, 2.24) is 9.97 Å². The zero-order valence-electron chi connectivity index (χ0n) is 12.4. The second-order valence-corrected chi connectivity index (χ2v) is 5.11. The molecule has 0 aliphatic heterocycles. The summed E-state index contributed by atoms with van der Waals surface area (Å²) in [5.74, 6) is 2.01. The van der Waals surface area contributed by atoms with Crippen LogP contribution in [0.25, 0.3) is 0 Å². The van der Waals surface area contributed by atoms with Crippen LogP contribution in [0, 0.1) is 5.41 Å². The van der Waals surface area contributed by atoms with Gasteiger partial charge < -0.3 is 20.1 Å². The average molecular weight is 268 g/mol. The standard InChI is InChI=1S/C13H24N4O2/c1-13(2,6-7-18-4)8-15-12-10(19-5)11(14-3)16-9-17-12/h9H,6-8H2,1-5H3,(H2,14,15,16,17). The molecule has 0 amide bonds. The number of rotatable bonds is 8. The Morgan fingerprint density at radius 2 is 1.89 bits per heavy atom. The summed E-state index contributed by atoms with van der Waals surface area (Å²) in [6.45, 7) is 5.90. The predicted octanol–water partition coefficient (Wildman–Crippen LogP) is 2.00. The molecule has 1 heterocycles. The number of hydrogen-bond donors (Lipinski definition) is 2. The molecule has 0 radical (unpaired) electrons. The Labute approximate surface area is 114 Å². The summed E-state index contributed by atoms with van der Waals surface area (Å²) in [7, 11) is 5.13. The molecule has 0 spiro atoms. The summed E-state index contributed by atoms with van der Waals surface area (Å²) in [6, 6.07) is 0. The molecule has 0 unspecified atom stereocenters. The summed E-state index contributed by atoms with van der Waals surface area (Å²) >= 11 is 0. The largest absolute Gasteiger partial charge is 0.490 e. The van der Waals surface area contributed by atoms with Gasteiger partial charge in [-0.15, -0.1) is 0 Å². The van der Waals surface area contributed by atoms with Crippen LogP contribution in [0.1, 0.15) is 20.3 Å². The fourth-order valence-electron chi connectivity index (χ4n) is 1.66. The van der Waals surface area contributed by atoms with Crippen molar-refractivity contribution in [2.75, 3.05) is 45.1 Å². The molecule has 0 saturated carbocycles. The van der Waals surface area contributed by atoms with Gasteiger partial charge in [-0.05, 0) is 11.8 Å². The Kier molecular flexibility index (Phi) is 5.82. The summed E-state index contributed by atoms with van der Waals surface area (Å²) in [4.78, 5) is 8.34. The minimum atomic E-state index is 0.117. The topological polar surface area (TPSA) is 68.3 Å². The van der Waals surface area contributed by atoms with Crippen molar-refractivity contribution < 1.29 is 9.47 Å². The quantitative estimate of drug-likeness (QED) is 0.751. The van der Waals surface area contributed by atoms with Crippen LogP contribution in [0.2, 0.25) is 0 Å². The molecular weight excluding hydrogens is 244 g/mol. The van der Waals surface area contributed by atoms with Crippen LogP contribution in [0.3, 0.4) is 0 Å². The highest BCUT2D eigenvalue weighted by Crippen LogP contribution is 2.30. The number of aromatic nitrogens is 2. The van der Waals surface area contributed by atoms with Crippen LogP contribution in [0.5, 0.6) is 5.75 Å². The molecule has 19 heavy (non-hydrogen) atoms. The molecule has 6 nitrogen and oxygen atoms in total. The summed E-state index contributed by atoms with van der Waals surface area (Å²) in [6.07, 6.45) is 2.49. The highest BCUT2D eigenvalue weighted by atomic mass is 16.5. The van der Waals surface area contributed by atoms with Gasteiger partial charge in [0.25, 0.3) is 0 Å². The van der Waals surface area contributed by atoms with E-state index in [0.717, 1.165) is 19.6 Å². The van der Waals surface area contributed by atoms with Crippen LogP contribution in [0.4, 0.5) is 11.6 Å². The molecule has 1 rings (SSSR count). The molecule has 0 bridgehead atoms. The Hall–Kier alpha value is -1.56. The minimum absolute atomic E-state index is 0.117. The first kappa shape index (κ1) is 15.5. The average Bonchev–Trinajstić information content (AvgIpc) is 2.42. The molecule has 2 N–H and O–H groups in total. The second-order valence-electron chi connectivity index (χ2n) is 5.11. The van der Waals surface area contributed by atoms with Gasteiger partial charge in [0.1, 0.15) is 6.33 Å². The molecule has 6 heteroatoms. The maximum Gasteiger partial charge on any atom is 0.204 e. The molecule has 0 saturated heterocycles. The molecule has 0 aliphatic carbocycles. The lowest BCUT2D eigenvalue weighted by molar-refractivity contribution is 0.157. The highest BCUT2D eigenvalue weighted by molar-refractivity contribution is 5.63. The number of nitrogens with zero attached hydrogens (tertiary/aromatic N) is 2. The molecule has 108 valence electrons. The minimum Gasteiger partial charge on any atom is -0.490 e. The Morgan fingerprint density at radius 3 is 2.47 bits per heavy atom. The number of anilines is 2.